The fraction of sp³-hybridized carbons (Fsp3) is 0.353. The quantitative estimate of drug-likeness (QED) is 0.889. The molecule has 5 nitrogen and oxygen atoms in total. The molecule has 7 heteroatoms. The summed E-state index contributed by atoms with van der Waals surface area (Å²) < 4.78 is 5.70. The Balaban J connectivity index is 1.67. The molecule has 2 aromatic rings. The average molecular weight is 365 g/mol. The lowest BCUT2D eigenvalue weighted by atomic mass is 10.0. The predicted molar refractivity (Wildman–Crippen MR) is 94.3 cm³/mol. The number of rotatable bonds is 4. The van der Waals surface area contributed by atoms with Crippen LogP contribution in [0.2, 0.25) is 5.02 Å². The van der Waals surface area contributed by atoms with Gasteiger partial charge in [0.25, 0.3) is 5.91 Å². The highest BCUT2D eigenvalue weighted by Crippen LogP contribution is 2.30. The molecule has 1 aromatic carbocycles. The molecule has 24 heavy (non-hydrogen) atoms. The first-order valence-corrected chi connectivity index (χ1v) is 8.90. The first-order valence-electron chi connectivity index (χ1n) is 7.70. The molecule has 1 atom stereocenters. The number of hydrogen-bond donors (Lipinski definition) is 1. The van der Waals surface area contributed by atoms with E-state index in [9.17, 15) is 9.59 Å². The van der Waals surface area contributed by atoms with Crippen molar-refractivity contribution in [3.05, 3.63) is 39.4 Å². The molecule has 1 aliphatic rings. The minimum Gasteiger partial charge on any atom is -0.481 e. The third kappa shape index (κ3) is 3.60. The van der Waals surface area contributed by atoms with Gasteiger partial charge in [0.1, 0.15) is 5.75 Å². The number of ether oxygens (including phenoxy) is 1. The molecule has 126 valence electrons. The summed E-state index contributed by atoms with van der Waals surface area (Å²) in [7, 11) is 0. The number of halogens is 1. The molecule has 0 fully saturated rings. The number of amides is 1. The summed E-state index contributed by atoms with van der Waals surface area (Å²) in [5, 5.41) is 3.80. The Hall–Kier alpha value is -1.92. The number of aromatic nitrogens is 1. The van der Waals surface area contributed by atoms with Gasteiger partial charge in [-0.25, -0.2) is 4.98 Å². The standard InChI is InChI=1S/C17H17ClN2O3S/c1-9-8-11(18)6-7-14(9)23-10(2)16(22)20-17-19-12-4-3-5-13(21)15(12)24-17/h6-8,10H,3-5H2,1-2H3,(H,19,20,22). The number of nitrogens with zero attached hydrogens (tertiary/aromatic N) is 1. The smallest absolute Gasteiger partial charge is 0.266 e. The third-order valence-electron chi connectivity index (χ3n) is 3.81. The number of benzene rings is 1. The minimum absolute atomic E-state index is 0.107. The zero-order valence-electron chi connectivity index (χ0n) is 13.4. The Kier molecular flexibility index (Phi) is 4.87. The zero-order chi connectivity index (χ0) is 17.3. The largest absolute Gasteiger partial charge is 0.481 e. The van der Waals surface area contributed by atoms with Crippen LogP contribution >= 0.6 is 22.9 Å². The molecule has 1 amide bonds. The highest BCUT2D eigenvalue weighted by atomic mass is 35.5. The van der Waals surface area contributed by atoms with E-state index in [4.69, 9.17) is 16.3 Å². The van der Waals surface area contributed by atoms with Crippen molar-refractivity contribution in [3.63, 3.8) is 0 Å². The number of hydrogen-bond acceptors (Lipinski definition) is 5. The lowest BCUT2D eigenvalue weighted by Gasteiger charge is -2.15. The van der Waals surface area contributed by atoms with Gasteiger partial charge in [-0.1, -0.05) is 22.9 Å². The van der Waals surface area contributed by atoms with Crippen molar-refractivity contribution >= 4 is 39.8 Å². The number of ketones is 1. The van der Waals surface area contributed by atoms with E-state index >= 15 is 0 Å². The number of Topliss-reactive ketones (excluding diaryl/α,β-unsaturated/α-hetero) is 1. The van der Waals surface area contributed by atoms with Gasteiger partial charge in [-0.2, -0.15) is 0 Å². The fourth-order valence-corrected chi connectivity index (χ4v) is 3.73. The summed E-state index contributed by atoms with van der Waals surface area (Å²) >= 11 is 7.15. The van der Waals surface area contributed by atoms with Crippen LogP contribution in [0.1, 0.15) is 40.7 Å². The van der Waals surface area contributed by atoms with E-state index in [2.05, 4.69) is 10.3 Å². The van der Waals surface area contributed by atoms with Crippen LogP contribution in [0.5, 0.6) is 5.75 Å². The maximum atomic E-state index is 12.3. The Bertz CT molecular complexity index is 803. The van der Waals surface area contributed by atoms with Crippen molar-refractivity contribution in [2.45, 2.75) is 39.2 Å². The highest BCUT2D eigenvalue weighted by molar-refractivity contribution is 7.17. The van der Waals surface area contributed by atoms with E-state index in [1.54, 1.807) is 25.1 Å². The number of nitrogens with one attached hydrogen (secondary N) is 1. The van der Waals surface area contributed by atoms with Crippen molar-refractivity contribution in [1.29, 1.82) is 0 Å². The lowest BCUT2D eigenvalue weighted by molar-refractivity contribution is -0.122. The second-order valence-electron chi connectivity index (χ2n) is 5.73. The molecule has 1 unspecified atom stereocenters. The Morgan fingerprint density at radius 3 is 2.92 bits per heavy atom. The second-order valence-corrected chi connectivity index (χ2v) is 7.17. The molecule has 0 bridgehead atoms. The van der Waals surface area contributed by atoms with Gasteiger partial charge in [0.2, 0.25) is 0 Å². The van der Waals surface area contributed by atoms with Gasteiger partial charge in [-0.05, 0) is 50.5 Å². The van der Waals surface area contributed by atoms with E-state index in [1.165, 1.54) is 11.3 Å². The molecule has 1 aromatic heterocycles. The number of carbonyl (C=O) groups excluding carboxylic acids is 2. The van der Waals surface area contributed by atoms with Crippen LogP contribution in [0.4, 0.5) is 5.13 Å². The van der Waals surface area contributed by atoms with Gasteiger partial charge in [-0.3, -0.25) is 14.9 Å². The number of aryl methyl sites for hydroxylation is 2. The molecular weight excluding hydrogens is 348 g/mol. The minimum atomic E-state index is -0.693. The van der Waals surface area contributed by atoms with Crippen molar-refractivity contribution in [2.24, 2.45) is 0 Å². The van der Waals surface area contributed by atoms with Crippen LogP contribution in [-0.4, -0.2) is 22.8 Å². The molecule has 1 aliphatic carbocycles. The maximum Gasteiger partial charge on any atom is 0.266 e. The second kappa shape index (κ2) is 6.91. The maximum absolute atomic E-state index is 12.3. The molecular formula is C17H17ClN2O3S. The highest BCUT2D eigenvalue weighted by Gasteiger charge is 2.24. The van der Waals surface area contributed by atoms with Crippen molar-refractivity contribution in [2.75, 3.05) is 5.32 Å². The number of fused-ring (bicyclic) bond motifs is 1. The SMILES string of the molecule is Cc1cc(Cl)ccc1OC(C)C(=O)Nc1nc2c(s1)C(=O)CCC2. The topological polar surface area (TPSA) is 68.3 Å². The van der Waals surface area contributed by atoms with Crippen LogP contribution in [0.15, 0.2) is 18.2 Å². The van der Waals surface area contributed by atoms with Gasteiger partial charge in [0.05, 0.1) is 10.6 Å². The van der Waals surface area contributed by atoms with Crippen LogP contribution in [0.3, 0.4) is 0 Å². The molecule has 0 spiro atoms. The fourth-order valence-electron chi connectivity index (χ4n) is 2.52. The van der Waals surface area contributed by atoms with E-state index in [-0.39, 0.29) is 11.7 Å². The predicted octanol–water partition coefficient (Wildman–Crippen LogP) is 4.03. The van der Waals surface area contributed by atoms with Crippen LogP contribution in [0, 0.1) is 6.92 Å². The van der Waals surface area contributed by atoms with E-state index in [0.29, 0.717) is 27.2 Å². The average Bonchev–Trinajstić information content (AvgIpc) is 2.94. The third-order valence-corrected chi connectivity index (χ3v) is 5.10. The van der Waals surface area contributed by atoms with E-state index < -0.39 is 6.10 Å². The number of anilines is 1. The Labute approximate surface area is 149 Å². The normalized spacial score (nSPS) is 14.9. The van der Waals surface area contributed by atoms with Gasteiger partial charge >= 0.3 is 0 Å². The lowest BCUT2D eigenvalue weighted by Crippen LogP contribution is -2.30. The van der Waals surface area contributed by atoms with Crippen LogP contribution in [-0.2, 0) is 11.2 Å². The van der Waals surface area contributed by atoms with Crippen molar-refractivity contribution in [1.82, 2.24) is 4.98 Å². The zero-order valence-corrected chi connectivity index (χ0v) is 15.0. The molecule has 0 saturated heterocycles. The Morgan fingerprint density at radius 1 is 1.42 bits per heavy atom. The molecule has 1 heterocycles. The van der Waals surface area contributed by atoms with E-state index in [0.717, 1.165) is 24.1 Å². The first kappa shape index (κ1) is 16.9. The van der Waals surface area contributed by atoms with Crippen LogP contribution < -0.4 is 10.1 Å². The summed E-state index contributed by atoms with van der Waals surface area (Å²) in [5.41, 5.74) is 1.64. The molecule has 1 N–H and O–H groups in total. The van der Waals surface area contributed by atoms with Gasteiger partial charge in [0.15, 0.2) is 17.0 Å². The van der Waals surface area contributed by atoms with Crippen LogP contribution in [0.25, 0.3) is 0 Å². The number of thiazole rings is 1. The molecule has 0 radical (unpaired) electrons. The van der Waals surface area contributed by atoms with Gasteiger partial charge in [0, 0.05) is 11.4 Å². The van der Waals surface area contributed by atoms with E-state index in [1.807, 2.05) is 6.92 Å². The summed E-state index contributed by atoms with van der Waals surface area (Å²) in [6.07, 6.45) is 1.46. The summed E-state index contributed by atoms with van der Waals surface area (Å²) in [6, 6.07) is 5.24. The monoisotopic (exact) mass is 364 g/mol. The summed E-state index contributed by atoms with van der Waals surface area (Å²) in [6.45, 7) is 3.54. The molecule has 3 rings (SSSR count). The Morgan fingerprint density at radius 2 is 2.21 bits per heavy atom. The van der Waals surface area contributed by atoms with Crippen molar-refractivity contribution in [3.8, 4) is 5.75 Å². The summed E-state index contributed by atoms with van der Waals surface area (Å²) in [4.78, 5) is 29.2. The van der Waals surface area contributed by atoms with Gasteiger partial charge < -0.3 is 4.74 Å². The first-order chi connectivity index (χ1) is 11.4. The van der Waals surface area contributed by atoms with Crippen molar-refractivity contribution < 1.29 is 14.3 Å². The molecule has 0 aliphatic heterocycles. The molecule has 0 saturated carbocycles. The summed E-state index contributed by atoms with van der Waals surface area (Å²) in [5.74, 6) is 0.411. The van der Waals surface area contributed by atoms with Gasteiger partial charge in [-0.15, -0.1) is 0 Å². The number of carbonyl (C=O) groups is 2.